The van der Waals surface area contributed by atoms with E-state index >= 15 is 0 Å². The average molecular weight is 230 g/mol. The number of aromatic nitrogens is 1. The van der Waals surface area contributed by atoms with Crippen LogP contribution in [0.15, 0.2) is 42.5 Å². The van der Waals surface area contributed by atoms with Crippen molar-refractivity contribution in [1.29, 1.82) is 0 Å². The molecule has 1 aromatic carbocycles. The third-order valence-electron chi connectivity index (χ3n) is 2.60. The topological polar surface area (TPSA) is 50.4 Å². The lowest BCUT2D eigenvalue weighted by atomic mass is 10.2. The lowest BCUT2D eigenvalue weighted by Gasteiger charge is -2.17. The van der Waals surface area contributed by atoms with Gasteiger partial charge in [0.2, 0.25) is 0 Å². The van der Waals surface area contributed by atoms with Crippen molar-refractivity contribution in [2.45, 2.75) is 13.8 Å². The van der Waals surface area contributed by atoms with Crippen molar-refractivity contribution in [3.05, 3.63) is 59.1 Å². The molecule has 1 N–H and O–H groups in total. The number of rotatable bonds is 2. The first kappa shape index (κ1) is 11.4. The van der Waals surface area contributed by atoms with Crippen molar-refractivity contribution in [1.82, 2.24) is 0 Å². The Kier molecular flexibility index (Phi) is 2.97. The van der Waals surface area contributed by atoms with E-state index in [1.165, 1.54) is 0 Å². The normalized spacial score (nSPS) is 10.3. The molecule has 4 nitrogen and oxygen atoms in total. The van der Waals surface area contributed by atoms with E-state index in [9.17, 15) is 10.4 Å². The molecule has 17 heavy (non-hydrogen) atoms. The average Bonchev–Trinajstić information content (AvgIpc) is 2.35. The highest BCUT2D eigenvalue weighted by Crippen LogP contribution is 2.23. The fraction of sp³-hybridized carbons (Fsp3) is 0.154. The van der Waals surface area contributed by atoms with Crippen LogP contribution in [0.3, 0.4) is 0 Å². The molecule has 0 amide bonds. The number of nitrogens with zero attached hydrogens (tertiary/aromatic N) is 2. The van der Waals surface area contributed by atoms with Crippen LogP contribution >= 0.6 is 0 Å². The summed E-state index contributed by atoms with van der Waals surface area (Å²) >= 11 is 0. The summed E-state index contributed by atoms with van der Waals surface area (Å²) in [6, 6.07) is 12.4. The second-order valence-corrected chi connectivity index (χ2v) is 3.94. The summed E-state index contributed by atoms with van der Waals surface area (Å²) in [5.41, 5.74) is 2.35. The lowest BCUT2D eigenvalue weighted by Crippen LogP contribution is -2.34. The maximum atomic E-state index is 11.5. The molecule has 4 heteroatoms. The minimum atomic E-state index is 0.551. The Morgan fingerprint density at radius 1 is 1.00 bits per heavy atom. The van der Waals surface area contributed by atoms with E-state index in [0.29, 0.717) is 22.8 Å². The summed E-state index contributed by atoms with van der Waals surface area (Å²) in [4.78, 5) is 0. The van der Waals surface area contributed by atoms with Gasteiger partial charge in [-0.2, -0.15) is 4.73 Å². The van der Waals surface area contributed by atoms with E-state index < -0.39 is 0 Å². The summed E-state index contributed by atoms with van der Waals surface area (Å²) in [5.74, 6) is 0. The molecule has 0 unspecified atom stereocenters. The number of benzene rings is 1. The van der Waals surface area contributed by atoms with Crippen molar-refractivity contribution in [2.24, 2.45) is 0 Å². The Hall–Kier alpha value is -2.07. The van der Waals surface area contributed by atoms with Crippen LogP contribution in [0.2, 0.25) is 0 Å². The van der Waals surface area contributed by atoms with Crippen molar-refractivity contribution >= 4 is 11.4 Å². The molecule has 88 valence electrons. The lowest BCUT2D eigenvalue weighted by molar-refractivity contribution is -0.619. The zero-order valence-corrected chi connectivity index (χ0v) is 9.79. The second-order valence-electron chi connectivity index (χ2n) is 3.94. The zero-order valence-electron chi connectivity index (χ0n) is 9.79. The third-order valence-corrected chi connectivity index (χ3v) is 2.60. The fourth-order valence-corrected chi connectivity index (χ4v) is 1.71. The van der Waals surface area contributed by atoms with Crippen LogP contribution in [-0.2, 0) is 0 Å². The Morgan fingerprint density at radius 2 is 1.53 bits per heavy atom. The van der Waals surface area contributed by atoms with Crippen molar-refractivity contribution in [3.63, 3.8) is 0 Å². The maximum Gasteiger partial charge on any atom is 0.192 e. The smallest absolute Gasteiger partial charge is 0.192 e. The van der Waals surface area contributed by atoms with Gasteiger partial charge in [-0.15, -0.1) is 0 Å². The zero-order chi connectivity index (χ0) is 12.4. The summed E-state index contributed by atoms with van der Waals surface area (Å²) in [7, 11) is 0. The molecule has 0 aliphatic heterocycles. The second kappa shape index (κ2) is 4.43. The number of para-hydroxylation sites is 1. The highest BCUT2D eigenvalue weighted by atomic mass is 16.5. The molecule has 0 bridgehead atoms. The SMILES string of the molecule is Cc1cc(N(O)c2ccccc2)cc(C)[n+]1[O-]. The third kappa shape index (κ3) is 2.21. The quantitative estimate of drug-likeness (QED) is 0.490. The van der Waals surface area contributed by atoms with Crippen LogP contribution in [0.1, 0.15) is 11.4 Å². The van der Waals surface area contributed by atoms with Gasteiger partial charge in [-0.25, -0.2) is 5.06 Å². The first-order valence-corrected chi connectivity index (χ1v) is 5.34. The van der Waals surface area contributed by atoms with Gasteiger partial charge in [0.15, 0.2) is 11.4 Å². The van der Waals surface area contributed by atoms with Crippen molar-refractivity contribution in [3.8, 4) is 0 Å². The van der Waals surface area contributed by atoms with Crippen LogP contribution in [0.5, 0.6) is 0 Å². The van der Waals surface area contributed by atoms with E-state index in [4.69, 9.17) is 0 Å². The van der Waals surface area contributed by atoms with Crippen molar-refractivity contribution < 1.29 is 9.94 Å². The standard InChI is InChI=1S/C13H14N2O2/c1-10-8-13(9-11(2)14(10)16)15(17)12-6-4-3-5-7-12/h3-9,17H,1-2H3. The molecular weight excluding hydrogens is 216 g/mol. The Balaban J connectivity index is 2.41. The molecule has 0 fully saturated rings. The Morgan fingerprint density at radius 3 is 2.06 bits per heavy atom. The molecule has 0 spiro atoms. The number of aryl methyl sites for hydroxylation is 2. The molecule has 0 saturated heterocycles. The molecule has 0 radical (unpaired) electrons. The minimum absolute atomic E-state index is 0.551. The molecule has 1 aromatic heterocycles. The van der Waals surface area contributed by atoms with Gasteiger partial charge >= 0.3 is 0 Å². The van der Waals surface area contributed by atoms with Crippen LogP contribution in [0.4, 0.5) is 11.4 Å². The summed E-state index contributed by atoms with van der Waals surface area (Å²) in [5, 5.41) is 22.6. The Labute approximate surface area is 99.9 Å². The van der Waals surface area contributed by atoms with Gasteiger partial charge in [0.05, 0.1) is 11.4 Å². The molecule has 2 aromatic rings. The summed E-state index contributed by atoms with van der Waals surface area (Å²) in [6.07, 6.45) is 0. The summed E-state index contributed by atoms with van der Waals surface area (Å²) < 4.78 is 0.836. The molecular formula is C13H14N2O2. The van der Waals surface area contributed by atoms with E-state index in [1.807, 2.05) is 18.2 Å². The molecule has 2 rings (SSSR count). The highest BCUT2D eigenvalue weighted by Gasteiger charge is 2.12. The van der Waals surface area contributed by atoms with Gasteiger partial charge in [-0.05, 0) is 12.1 Å². The molecule has 0 aliphatic carbocycles. The number of pyridine rings is 1. The number of anilines is 2. The van der Waals surface area contributed by atoms with Gasteiger partial charge in [-0.1, -0.05) is 18.2 Å². The van der Waals surface area contributed by atoms with E-state index in [1.54, 1.807) is 38.1 Å². The van der Waals surface area contributed by atoms with Gasteiger partial charge in [0.1, 0.15) is 0 Å². The van der Waals surface area contributed by atoms with Crippen molar-refractivity contribution in [2.75, 3.05) is 5.06 Å². The van der Waals surface area contributed by atoms with Crippen LogP contribution in [0, 0.1) is 19.1 Å². The monoisotopic (exact) mass is 230 g/mol. The van der Waals surface area contributed by atoms with Crippen LogP contribution < -0.4 is 9.79 Å². The predicted molar refractivity (Wildman–Crippen MR) is 65.2 cm³/mol. The van der Waals surface area contributed by atoms with E-state index in [2.05, 4.69) is 0 Å². The molecule has 1 heterocycles. The molecule has 0 aliphatic rings. The van der Waals surface area contributed by atoms with Gasteiger partial charge in [0, 0.05) is 26.0 Å². The fourth-order valence-electron chi connectivity index (χ4n) is 1.71. The minimum Gasteiger partial charge on any atom is -0.618 e. The van der Waals surface area contributed by atoms with Crippen LogP contribution in [0.25, 0.3) is 0 Å². The first-order chi connectivity index (χ1) is 8.09. The summed E-state index contributed by atoms with van der Waals surface area (Å²) in [6.45, 7) is 3.42. The Bertz CT molecular complexity index is 503. The molecule has 0 saturated carbocycles. The van der Waals surface area contributed by atoms with Gasteiger partial charge in [-0.3, -0.25) is 5.21 Å². The molecule has 0 atom stereocenters. The van der Waals surface area contributed by atoms with E-state index in [0.717, 1.165) is 9.79 Å². The maximum absolute atomic E-state index is 11.5. The van der Waals surface area contributed by atoms with Gasteiger partial charge in [0.25, 0.3) is 0 Å². The number of hydrogen-bond acceptors (Lipinski definition) is 3. The predicted octanol–water partition coefficient (Wildman–Crippen LogP) is 2.46. The number of hydrogen-bond donors (Lipinski definition) is 1. The van der Waals surface area contributed by atoms with Crippen LogP contribution in [-0.4, -0.2) is 5.21 Å². The first-order valence-electron chi connectivity index (χ1n) is 5.34. The largest absolute Gasteiger partial charge is 0.618 e. The van der Waals surface area contributed by atoms with Gasteiger partial charge < -0.3 is 5.21 Å². The van der Waals surface area contributed by atoms with E-state index in [-0.39, 0.29) is 0 Å². The highest BCUT2D eigenvalue weighted by molar-refractivity contribution is 5.59.